The van der Waals surface area contributed by atoms with Gasteiger partial charge in [0, 0.05) is 34.4 Å². The third-order valence-corrected chi connectivity index (χ3v) is 5.52. The molecular formula is C18H16N4S. The minimum atomic E-state index is 0.779. The first-order valence-electron chi connectivity index (χ1n) is 7.87. The van der Waals surface area contributed by atoms with Crippen LogP contribution in [0.25, 0.3) is 11.0 Å². The summed E-state index contributed by atoms with van der Waals surface area (Å²) in [6.07, 6.45) is 11.3. The molecule has 0 aliphatic heterocycles. The Bertz CT molecular complexity index is 926. The maximum atomic E-state index is 9.55. The third kappa shape index (κ3) is 2.55. The van der Waals surface area contributed by atoms with E-state index in [-0.39, 0.29) is 0 Å². The summed E-state index contributed by atoms with van der Waals surface area (Å²) in [4.78, 5) is 13.4. The van der Waals surface area contributed by atoms with E-state index in [1.165, 1.54) is 29.7 Å². The van der Waals surface area contributed by atoms with E-state index in [9.17, 15) is 5.26 Å². The van der Waals surface area contributed by atoms with Gasteiger partial charge in [-0.05, 0) is 43.4 Å². The summed E-state index contributed by atoms with van der Waals surface area (Å²) >= 11 is 1.68. The molecule has 1 N–H and O–H groups in total. The second-order valence-corrected chi connectivity index (χ2v) is 6.84. The topological polar surface area (TPSA) is 64.8 Å². The number of nitriles is 1. The average Bonchev–Trinajstić information content (AvgIpc) is 3.06. The summed E-state index contributed by atoms with van der Waals surface area (Å²) in [5.41, 5.74) is 3.88. The largest absolute Gasteiger partial charge is 0.345 e. The molecule has 1 aliphatic rings. The highest BCUT2D eigenvalue weighted by atomic mass is 32.1. The number of thiophene rings is 1. The fraction of sp³-hybridized carbons (Fsp3) is 0.278. The molecule has 0 bridgehead atoms. The smallest absolute Gasteiger partial charge is 0.137 e. The van der Waals surface area contributed by atoms with Crippen LogP contribution < -0.4 is 0 Å². The quantitative estimate of drug-likeness (QED) is 0.557. The number of aromatic amines is 1. The van der Waals surface area contributed by atoms with Gasteiger partial charge in [-0.2, -0.15) is 5.26 Å². The molecule has 0 aromatic carbocycles. The van der Waals surface area contributed by atoms with Crippen molar-refractivity contribution in [2.24, 2.45) is 4.99 Å². The van der Waals surface area contributed by atoms with Crippen molar-refractivity contribution in [1.29, 1.82) is 5.26 Å². The maximum Gasteiger partial charge on any atom is 0.137 e. The molecule has 23 heavy (non-hydrogen) atoms. The molecule has 0 spiro atoms. The van der Waals surface area contributed by atoms with Crippen LogP contribution in [0.15, 0.2) is 29.5 Å². The van der Waals surface area contributed by atoms with E-state index in [1.54, 1.807) is 17.5 Å². The number of rotatable bonds is 2. The summed E-state index contributed by atoms with van der Waals surface area (Å²) in [6, 6.07) is 6.32. The molecule has 3 aromatic rings. The minimum absolute atomic E-state index is 0.779. The Labute approximate surface area is 138 Å². The Morgan fingerprint density at radius 3 is 3.13 bits per heavy atom. The number of aryl methyl sites for hydroxylation is 1. The number of nitrogens with zero attached hydrogens (tertiary/aromatic N) is 3. The molecule has 5 heteroatoms. The zero-order chi connectivity index (χ0) is 15.6. The second kappa shape index (κ2) is 5.98. The molecule has 4 nitrogen and oxygen atoms in total. The van der Waals surface area contributed by atoms with Gasteiger partial charge in [0.15, 0.2) is 0 Å². The molecule has 0 amide bonds. The number of H-pyrrole nitrogens is 1. The summed E-state index contributed by atoms with van der Waals surface area (Å²) in [6.45, 7) is 0. The number of pyridine rings is 1. The molecule has 0 radical (unpaired) electrons. The van der Waals surface area contributed by atoms with Crippen LogP contribution in [0.3, 0.4) is 0 Å². The fourth-order valence-electron chi connectivity index (χ4n) is 3.15. The Morgan fingerprint density at radius 1 is 1.30 bits per heavy atom. The van der Waals surface area contributed by atoms with Crippen molar-refractivity contribution in [3.8, 4) is 6.07 Å². The predicted molar refractivity (Wildman–Crippen MR) is 93.6 cm³/mol. The molecule has 3 aromatic heterocycles. The molecule has 1 aliphatic carbocycles. The van der Waals surface area contributed by atoms with E-state index in [0.29, 0.717) is 0 Å². The molecule has 0 fully saturated rings. The van der Waals surface area contributed by atoms with Crippen molar-refractivity contribution < 1.29 is 0 Å². The van der Waals surface area contributed by atoms with Crippen LogP contribution in [0.5, 0.6) is 0 Å². The van der Waals surface area contributed by atoms with Gasteiger partial charge in [-0.25, -0.2) is 9.98 Å². The fourth-order valence-corrected chi connectivity index (χ4v) is 4.33. The van der Waals surface area contributed by atoms with Crippen molar-refractivity contribution in [2.75, 3.05) is 0 Å². The lowest BCUT2D eigenvalue weighted by atomic mass is 10.1. The minimum Gasteiger partial charge on any atom is -0.345 e. The van der Waals surface area contributed by atoms with E-state index < -0.39 is 0 Å². The van der Waals surface area contributed by atoms with Gasteiger partial charge in [0.1, 0.15) is 16.7 Å². The van der Waals surface area contributed by atoms with Gasteiger partial charge in [-0.15, -0.1) is 11.3 Å². The molecule has 0 unspecified atom stereocenters. The zero-order valence-corrected chi connectivity index (χ0v) is 13.5. The van der Waals surface area contributed by atoms with Crippen LogP contribution in [-0.4, -0.2) is 16.2 Å². The maximum absolute atomic E-state index is 9.55. The van der Waals surface area contributed by atoms with Gasteiger partial charge in [0.05, 0.1) is 5.56 Å². The van der Waals surface area contributed by atoms with Gasteiger partial charge in [-0.1, -0.05) is 6.42 Å². The van der Waals surface area contributed by atoms with Crippen molar-refractivity contribution in [2.45, 2.75) is 32.1 Å². The van der Waals surface area contributed by atoms with E-state index in [4.69, 9.17) is 0 Å². The number of hydrogen-bond donors (Lipinski definition) is 1. The molecule has 0 saturated carbocycles. The summed E-state index contributed by atoms with van der Waals surface area (Å²) in [7, 11) is 0. The first-order chi connectivity index (χ1) is 11.4. The standard InChI is InChI=1S/C18H16N4S/c19-9-15-14-5-2-1-3-7-16(14)23-18(15)22-11-12-10-21-17-13(12)6-4-8-20-17/h4,6,8,10-11H,1-3,5,7H2,(H,20,21)/b22-11+. The lowest BCUT2D eigenvalue weighted by Crippen LogP contribution is -1.87. The number of nitrogens with one attached hydrogen (secondary N) is 1. The van der Waals surface area contributed by atoms with Crippen LogP contribution in [0.2, 0.25) is 0 Å². The molecular weight excluding hydrogens is 304 g/mol. The lowest BCUT2D eigenvalue weighted by Gasteiger charge is -1.96. The molecule has 0 atom stereocenters. The third-order valence-electron chi connectivity index (χ3n) is 4.32. The van der Waals surface area contributed by atoms with Crippen molar-refractivity contribution in [3.63, 3.8) is 0 Å². The van der Waals surface area contributed by atoms with Gasteiger partial charge in [-0.3, -0.25) is 0 Å². The number of aromatic nitrogens is 2. The highest BCUT2D eigenvalue weighted by Gasteiger charge is 2.19. The van der Waals surface area contributed by atoms with Crippen molar-refractivity contribution in [1.82, 2.24) is 9.97 Å². The van der Waals surface area contributed by atoms with E-state index >= 15 is 0 Å². The van der Waals surface area contributed by atoms with Crippen LogP contribution >= 0.6 is 11.3 Å². The Kier molecular flexibility index (Phi) is 3.68. The SMILES string of the molecule is N#Cc1c(/N=C/c2c[nH]c3ncccc23)sc2c1CCCCC2. The normalized spacial score (nSPS) is 14.7. The first-order valence-corrected chi connectivity index (χ1v) is 8.69. The van der Waals surface area contributed by atoms with Crippen molar-refractivity contribution in [3.05, 3.63) is 46.1 Å². The highest BCUT2D eigenvalue weighted by molar-refractivity contribution is 7.16. The van der Waals surface area contributed by atoms with Crippen LogP contribution in [0.4, 0.5) is 5.00 Å². The summed E-state index contributed by atoms with van der Waals surface area (Å²) < 4.78 is 0. The zero-order valence-electron chi connectivity index (χ0n) is 12.7. The molecule has 4 rings (SSSR count). The van der Waals surface area contributed by atoms with Crippen molar-refractivity contribution >= 4 is 33.6 Å². The van der Waals surface area contributed by atoms with Gasteiger partial charge >= 0.3 is 0 Å². The monoisotopic (exact) mass is 320 g/mol. The molecule has 114 valence electrons. The average molecular weight is 320 g/mol. The van der Waals surface area contributed by atoms with E-state index in [2.05, 4.69) is 21.0 Å². The summed E-state index contributed by atoms with van der Waals surface area (Å²) in [5, 5.41) is 11.4. The molecule has 3 heterocycles. The van der Waals surface area contributed by atoms with Crippen LogP contribution in [0, 0.1) is 11.3 Å². The summed E-state index contributed by atoms with van der Waals surface area (Å²) in [5.74, 6) is 0. The number of fused-ring (bicyclic) bond motifs is 2. The predicted octanol–water partition coefficient (Wildman–Crippen LogP) is 4.52. The van der Waals surface area contributed by atoms with Gasteiger partial charge < -0.3 is 4.98 Å². The Hall–Kier alpha value is -2.45. The number of hydrogen-bond acceptors (Lipinski definition) is 4. The van der Waals surface area contributed by atoms with E-state index in [1.807, 2.05) is 24.5 Å². The van der Waals surface area contributed by atoms with E-state index in [0.717, 1.165) is 40.0 Å². The second-order valence-electron chi connectivity index (χ2n) is 5.76. The highest BCUT2D eigenvalue weighted by Crippen LogP contribution is 2.38. The number of aliphatic imine (C=N–C) groups is 1. The van der Waals surface area contributed by atoms with Crippen LogP contribution in [0.1, 0.15) is 40.8 Å². The van der Waals surface area contributed by atoms with Gasteiger partial charge in [0.25, 0.3) is 0 Å². The van der Waals surface area contributed by atoms with Gasteiger partial charge in [0.2, 0.25) is 0 Å². The molecule has 0 saturated heterocycles. The Morgan fingerprint density at radius 2 is 2.22 bits per heavy atom. The van der Waals surface area contributed by atoms with Crippen LogP contribution in [-0.2, 0) is 12.8 Å². The first kappa shape index (κ1) is 14.2. The Balaban J connectivity index is 1.73. The lowest BCUT2D eigenvalue weighted by molar-refractivity contribution is 0.712.